The quantitative estimate of drug-likeness (QED) is 0.390. The molecule has 0 aliphatic heterocycles. The van der Waals surface area contributed by atoms with Crippen molar-refractivity contribution in [1.82, 2.24) is 5.32 Å². The standard InChI is InChI=1S/C17H23NO4S/c1-4-8-22-11-15(17(20)21)18-16(19)7-9-23-14-6-5-12(2)13(3)10-14/h4-6,10,15H,1,7-9,11H2,2-3H3,(H,18,19)(H,20,21). The Labute approximate surface area is 141 Å². The van der Waals surface area contributed by atoms with Crippen molar-refractivity contribution in [2.45, 2.75) is 31.2 Å². The number of amides is 1. The fraction of sp³-hybridized carbons (Fsp3) is 0.412. The largest absolute Gasteiger partial charge is 0.480 e. The molecule has 0 saturated carbocycles. The van der Waals surface area contributed by atoms with Crippen molar-refractivity contribution in [1.29, 1.82) is 0 Å². The fourth-order valence-electron chi connectivity index (χ4n) is 1.78. The number of carbonyl (C=O) groups is 2. The number of rotatable bonds is 10. The molecule has 1 rings (SSSR count). The summed E-state index contributed by atoms with van der Waals surface area (Å²) in [6.45, 7) is 7.76. The summed E-state index contributed by atoms with van der Waals surface area (Å²) in [4.78, 5) is 24.0. The van der Waals surface area contributed by atoms with Crippen LogP contribution in [0.3, 0.4) is 0 Å². The molecule has 0 aliphatic carbocycles. The normalized spacial score (nSPS) is 11.7. The molecule has 0 aliphatic rings. The summed E-state index contributed by atoms with van der Waals surface area (Å²) in [5.74, 6) is -0.811. The third kappa shape index (κ3) is 7.34. The summed E-state index contributed by atoms with van der Waals surface area (Å²) in [6.07, 6.45) is 1.78. The third-order valence-corrected chi connectivity index (χ3v) is 4.23. The lowest BCUT2D eigenvalue weighted by atomic mass is 10.1. The highest BCUT2D eigenvalue weighted by Crippen LogP contribution is 2.21. The smallest absolute Gasteiger partial charge is 0.328 e. The van der Waals surface area contributed by atoms with E-state index in [1.165, 1.54) is 17.2 Å². The fourth-order valence-corrected chi connectivity index (χ4v) is 2.72. The van der Waals surface area contributed by atoms with Gasteiger partial charge in [-0.25, -0.2) is 4.79 Å². The topological polar surface area (TPSA) is 75.6 Å². The molecule has 0 fully saturated rings. The van der Waals surface area contributed by atoms with Crippen LogP contribution in [0.5, 0.6) is 0 Å². The van der Waals surface area contributed by atoms with Gasteiger partial charge in [0, 0.05) is 17.1 Å². The van der Waals surface area contributed by atoms with Crippen LogP contribution < -0.4 is 5.32 Å². The zero-order chi connectivity index (χ0) is 17.2. The lowest BCUT2D eigenvalue weighted by Gasteiger charge is -2.14. The number of benzene rings is 1. The Bertz CT molecular complexity index is 560. The number of carbonyl (C=O) groups excluding carboxylic acids is 1. The van der Waals surface area contributed by atoms with Crippen LogP contribution in [0.4, 0.5) is 0 Å². The number of aryl methyl sites for hydroxylation is 2. The molecule has 0 bridgehead atoms. The van der Waals surface area contributed by atoms with E-state index in [1.54, 1.807) is 11.8 Å². The molecule has 0 radical (unpaired) electrons. The van der Waals surface area contributed by atoms with Crippen LogP contribution >= 0.6 is 11.8 Å². The first-order valence-electron chi connectivity index (χ1n) is 7.35. The Hall–Kier alpha value is -1.79. The lowest BCUT2D eigenvalue weighted by Crippen LogP contribution is -2.44. The summed E-state index contributed by atoms with van der Waals surface area (Å²) in [7, 11) is 0. The van der Waals surface area contributed by atoms with Gasteiger partial charge in [0.2, 0.25) is 5.91 Å². The molecule has 1 amide bonds. The molecule has 0 spiro atoms. The maximum Gasteiger partial charge on any atom is 0.328 e. The summed E-state index contributed by atoms with van der Waals surface area (Å²) < 4.78 is 5.09. The first-order valence-corrected chi connectivity index (χ1v) is 8.33. The minimum absolute atomic E-state index is 0.0720. The number of thioether (sulfide) groups is 1. The van der Waals surface area contributed by atoms with Crippen LogP contribution in [0.25, 0.3) is 0 Å². The predicted octanol–water partition coefficient (Wildman–Crippen LogP) is 2.56. The van der Waals surface area contributed by atoms with Gasteiger partial charge in [0.05, 0.1) is 13.2 Å². The molecule has 1 aromatic rings. The second-order valence-electron chi connectivity index (χ2n) is 5.13. The Balaban J connectivity index is 2.38. The first kappa shape index (κ1) is 19.3. The maximum absolute atomic E-state index is 11.8. The molecule has 6 heteroatoms. The van der Waals surface area contributed by atoms with E-state index in [0.717, 1.165) is 4.90 Å². The highest BCUT2D eigenvalue weighted by Gasteiger charge is 2.19. The highest BCUT2D eigenvalue weighted by atomic mass is 32.2. The van der Waals surface area contributed by atoms with E-state index in [1.807, 2.05) is 13.0 Å². The Morgan fingerprint density at radius 1 is 1.39 bits per heavy atom. The Morgan fingerprint density at radius 2 is 2.13 bits per heavy atom. The second-order valence-corrected chi connectivity index (χ2v) is 6.30. The van der Waals surface area contributed by atoms with Crippen molar-refractivity contribution in [3.05, 3.63) is 42.0 Å². The van der Waals surface area contributed by atoms with E-state index in [4.69, 9.17) is 9.84 Å². The van der Waals surface area contributed by atoms with Crippen LogP contribution in [0.1, 0.15) is 17.5 Å². The Morgan fingerprint density at radius 3 is 2.74 bits per heavy atom. The number of carboxylic acid groups (broad SMARTS) is 1. The van der Waals surface area contributed by atoms with Crippen LogP contribution in [0.15, 0.2) is 35.7 Å². The summed E-state index contributed by atoms with van der Waals surface area (Å²) in [5.41, 5.74) is 2.45. The van der Waals surface area contributed by atoms with Gasteiger partial charge in [0.1, 0.15) is 0 Å². The van der Waals surface area contributed by atoms with E-state index in [-0.39, 0.29) is 25.5 Å². The molecule has 1 atom stereocenters. The summed E-state index contributed by atoms with van der Waals surface area (Å²) in [6, 6.07) is 5.12. The van der Waals surface area contributed by atoms with Crippen molar-refractivity contribution < 1.29 is 19.4 Å². The van der Waals surface area contributed by atoms with Crippen LogP contribution in [0, 0.1) is 13.8 Å². The second kappa shape index (κ2) is 10.1. The van der Waals surface area contributed by atoms with E-state index in [0.29, 0.717) is 5.75 Å². The monoisotopic (exact) mass is 337 g/mol. The lowest BCUT2D eigenvalue weighted by molar-refractivity contribution is -0.143. The van der Waals surface area contributed by atoms with Gasteiger partial charge in [-0.1, -0.05) is 12.1 Å². The zero-order valence-corrected chi connectivity index (χ0v) is 14.3. The van der Waals surface area contributed by atoms with E-state index in [9.17, 15) is 9.59 Å². The van der Waals surface area contributed by atoms with Crippen molar-refractivity contribution in [3.8, 4) is 0 Å². The van der Waals surface area contributed by atoms with Crippen LogP contribution in [0.2, 0.25) is 0 Å². The van der Waals surface area contributed by atoms with Crippen molar-refractivity contribution in [3.63, 3.8) is 0 Å². The van der Waals surface area contributed by atoms with Gasteiger partial charge >= 0.3 is 5.97 Å². The van der Waals surface area contributed by atoms with Crippen molar-refractivity contribution in [2.75, 3.05) is 19.0 Å². The average molecular weight is 337 g/mol. The molecular formula is C17H23NO4S. The number of carboxylic acids is 1. The number of ether oxygens (including phenoxy) is 1. The number of aliphatic carboxylic acids is 1. The minimum Gasteiger partial charge on any atom is -0.480 e. The number of nitrogens with one attached hydrogen (secondary N) is 1. The zero-order valence-electron chi connectivity index (χ0n) is 13.5. The molecule has 126 valence electrons. The molecule has 23 heavy (non-hydrogen) atoms. The van der Waals surface area contributed by atoms with Gasteiger partial charge in [0.15, 0.2) is 6.04 Å². The third-order valence-electron chi connectivity index (χ3n) is 3.23. The average Bonchev–Trinajstić information content (AvgIpc) is 2.50. The van der Waals surface area contributed by atoms with Gasteiger partial charge < -0.3 is 15.2 Å². The van der Waals surface area contributed by atoms with Crippen LogP contribution in [-0.2, 0) is 14.3 Å². The SMILES string of the molecule is C=CCOCC(NC(=O)CCSc1ccc(C)c(C)c1)C(=O)O. The van der Waals surface area contributed by atoms with Gasteiger partial charge in [-0.3, -0.25) is 4.79 Å². The van der Waals surface area contributed by atoms with Crippen molar-refractivity contribution >= 4 is 23.6 Å². The molecule has 1 aromatic carbocycles. The molecular weight excluding hydrogens is 314 g/mol. The van der Waals surface area contributed by atoms with E-state index in [2.05, 4.69) is 31.0 Å². The molecule has 0 heterocycles. The summed E-state index contributed by atoms with van der Waals surface area (Å²) in [5, 5.41) is 11.5. The Kier molecular flexibility index (Phi) is 8.43. The summed E-state index contributed by atoms with van der Waals surface area (Å²) >= 11 is 1.58. The molecule has 2 N–H and O–H groups in total. The maximum atomic E-state index is 11.8. The highest BCUT2D eigenvalue weighted by molar-refractivity contribution is 7.99. The number of hydrogen-bond donors (Lipinski definition) is 2. The predicted molar refractivity (Wildman–Crippen MR) is 91.8 cm³/mol. The molecule has 0 saturated heterocycles. The van der Waals surface area contributed by atoms with Gasteiger partial charge in [-0.15, -0.1) is 18.3 Å². The molecule has 1 unspecified atom stereocenters. The van der Waals surface area contributed by atoms with Gasteiger partial charge in [0.25, 0.3) is 0 Å². The molecule has 5 nitrogen and oxygen atoms in total. The van der Waals surface area contributed by atoms with Gasteiger partial charge in [-0.2, -0.15) is 0 Å². The first-order chi connectivity index (χ1) is 10.9. The molecule has 0 aromatic heterocycles. The van der Waals surface area contributed by atoms with E-state index < -0.39 is 12.0 Å². The number of hydrogen-bond acceptors (Lipinski definition) is 4. The van der Waals surface area contributed by atoms with Crippen molar-refractivity contribution in [2.24, 2.45) is 0 Å². The van der Waals surface area contributed by atoms with Crippen LogP contribution in [-0.4, -0.2) is 42.0 Å². The van der Waals surface area contributed by atoms with E-state index >= 15 is 0 Å². The van der Waals surface area contributed by atoms with Gasteiger partial charge in [-0.05, 0) is 37.1 Å². The minimum atomic E-state index is -1.11.